The molecule has 1 unspecified atom stereocenters. The average Bonchev–Trinajstić information content (AvgIpc) is 2.26. The zero-order valence-corrected chi connectivity index (χ0v) is 9.96. The molecule has 0 aromatic heterocycles. The number of benzene rings is 1. The maximum Gasteiger partial charge on any atom is 0.657 e. The first-order valence-electron chi connectivity index (χ1n) is 4.07. The summed E-state index contributed by atoms with van der Waals surface area (Å²) < 4.78 is 15.7. The van der Waals surface area contributed by atoms with E-state index in [9.17, 15) is 14.5 Å². The van der Waals surface area contributed by atoms with Crippen LogP contribution in [0, 0.1) is 0 Å². The van der Waals surface area contributed by atoms with Crippen molar-refractivity contribution in [1.29, 1.82) is 0 Å². The molecule has 1 rings (SSSR count). The Labute approximate surface area is 96.6 Å². The summed E-state index contributed by atoms with van der Waals surface area (Å²) in [7, 11) is -0.958. The number of carbonyl (C=O) groups is 1. The highest BCUT2D eigenvalue weighted by atomic mass is 32.7. The maximum absolute atomic E-state index is 11.4. The molecule has 0 spiro atoms. The quantitative estimate of drug-likeness (QED) is 0.477. The molecule has 1 atom stereocenters. The van der Waals surface area contributed by atoms with Crippen molar-refractivity contribution >= 4 is 24.8 Å². The first-order valence-corrected chi connectivity index (χ1v) is 6.67. The van der Waals surface area contributed by atoms with Gasteiger partial charge in [-0.15, -0.1) is 0 Å². The molecular formula is C8H9NO5PS+. The van der Waals surface area contributed by atoms with E-state index < -0.39 is 13.2 Å². The molecular weight excluding hydrogens is 253 g/mol. The van der Waals surface area contributed by atoms with Gasteiger partial charge < -0.3 is 5.11 Å². The van der Waals surface area contributed by atoms with Crippen molar-refractivity contribution < 1.29 is 23.8 Å². The Kier molecular flexibility index (Phi) is 5.21. The third-order valence-electron chi connectivity index (χ3n) is 1.48. The number of hydrogen-bond acceptors (Lipinski definition) is 7. The summed E-state index contributed by atoms with van der Waals surface area (Å²) in [5, 5.41) is 9.33. The van der Waals surface area contributed by atoms with E-state index in [0.29, 0.717) is 11.6 Å². The van der Waals surface area contributed by atoms with Gasteiger partial charge in [0, 0.05) is 0 Å². The molecule has 0 aliphatic carbocycles. The van der Waals surface area contributed by atoms with E-state index in [4.69, 9.17) is 0 Å². The van der Waals surface area contributed by atoms with E-state index >= 15 is 0 Å². The van der Waals surface area contributed by atoms with Gasteiger partial charge >= 0.3 is 13.2 Å². The fourth-order valence-corrected chi connectivity index (χ4v) is 1.98. The van der Waals surface area contributed by atoms with Crippen molar-refractivity contribution in [3.63, 3.8) is 0 Å². The Hall–Kier alpha value is -1.14. The first-order chi connectivity index (χ1) is 7.65. The van der Waals surface area contributed by atoms with Gasteiger partial charge in [-0.3, -0.25) is 4.84 Å². The predicted molar refractivity (Wildman–Crippen MR) is 58.9 cm³/mol. The lowest BCUT2D eigenvalue weighted by Gasteiger charge is -1.97. The molecule has 6 nitrogen and oxygen atoms in total. The number of hydrogen-bond donors (Lipinski definition) is 2. The summed E-state index contributed by atoms with van der Waals surface area (Å²) in [6, 6.07) is 5.83. The summed E-state index contributed by atoms with van der Waals surface area (Å²) in [6.07, 6.45) is 0. The van der Waals surface area contributed by atoms with Crippen LogP contribution in [0.5, 0.6) is 5.75 Å². The lowest BCUT2D eigenvalue weighted by Crippen LogP contribution is -2.02. The van der Waals surface area contributed by atoms with Gasteiger partial charge in [-0.2, -0.15) is 4.52 Å². The van der Waals surface area contributed by atoms with Crippen LogP contribution < -0.4 is 4.89 Å². The largest absolute Gasteiger partial charge is 0.657 e. The predicted octanol–water partition coefficient (Wildman–Crippen LogP) is 2.01. The molecule has 0 heterocycles. The van der Waals surface area contributed by atoms with Gasteiger partial charge in [-0.25, -0.2) is 4.79 Å². The van der Waals surface area contributed by atoms with E-state index in [0.717, 1.165) is 0 Å². The minimum atomic E-state index is -2.29. The van der Waals surface area contributed by atoms with Crippen LogP contribution in [-0.2, 0) is 13.9 Å². The topological polar surface area (TPSA) is 84.9 Å². The summed E-state index contributed by atoms with van der Waals surface area (Å²) in [5.74, 6) is -1.08. The van der Waals surface area contributed by atoms with Crippen LogP contribution in [0.3, 0.4) is 0 Å². The number of carbonyl (C=O) groups excluding carboxylic acids is 1. The number of para-hydroxylation sites is 1. The van der Waals surface area contributed by atoms with Crippen LogP contribution in [-0.4, -0.2) is 18.2 Å². The number of phenols is 1. The zero-order valence-electron chi connectivity index (χ0n) is 8.25. The number of phenolic OH excluding ortho intramolecular Hbond substituents is 1. The fourth-order valence-electron chi connectivity index (χ4n) is 0.849. The third-order valence-corrected chi connectivity index (χ3v) is 3.08. The molecule has 0 bridgehead atoms. The molecule has 86 valence electrons. The van der Waals surface area contributed by atoms with Crippen molar-refractivity contribution in [1.82, 2.24) is 4.89 Å². The van der Waals surface area contributed by atoms with Crippen LogP contribution in [0.25, 0.3) is 0 Å². The Balaban J connectivity index is 2.59. The van der Waals surface area contributed by atoms with Gasteiger partial charge in [0.25, 0.3) is 11.6 Å². The van der Waals surface area contributed by atoms with Crippen molar-refractivity contribution in [2.24, 2.45) is 0 Å². The number of aromatic hydroxyl groups is 1. The van der Waals surface area contributed by atoms with Crippen LogP contribution in [0.15, 0.2) is 24.3 Å². The third kappa shape index (κ3) is 3.79. The van der Waals surface area contributed by atoms with E-state index in [-0.39, 0.29) is 11.3 Å². The van der Waals surface area contributed by atoms with Crippen molar-refractivity contribution in [3.8, 4) is 5.75 Å². The fraction of sp³-hybridized carbons (Fsp3) is 0.125. The molecule has 0 amide bonds. The van der Waals surface area contributed by atoms with E-state index in [1.807, 2.05) is 0 Å². The van der Waals surface area contributed by atoms with Crippen LogP contribution in [0.1, 0.15) is 10.4 Å². The minimum Gasteiger partial charge on any atom is -0.507 e. The molecule has 16 heavy (non-hydrogen) atoms. The monoisotopic (exact) mass is 262 g/mol. The molecule has 0 radical (unpaired) electrons. The van der Waals surface area contributed by atoms with Crippen LogP contribution in [0.4, 0.5) is 0 Å². The maximum atomic E-state index is 11.4. The van der Waals surface area contributed by atoms with Gasteiger partial charge in [-0.1, -0.05) is 17.0 Å². The second-order valence-corrected chi connectivity index (χ2v) is 4.92. The number of rotatable bonds is 5. The molecule has 0 aliphatic heterocycles. The van der Waals surface area contributed by atoms with Gasteiger partial charge in [0.1, 0.15) is 11.3 Å². The summed E-state index contributed by atoms with van der Waals surface area (Å²) in [6.45, 7) is 0. The molecule has 0 saturated carbocycles. The second-order valence-electron chi connectivity index (χ2n) is 2.50. The normalized spacial score (nSPS) is 10.9. The van der Waals surface area contributed by atoms with E-state index in [1.165, 1.54) is 19.2 Å². The Morgan fingerprint density at radius 1 is 1.50 bits per heavy atom. The Morgan fingerprint density at radius 3 is 2.81 bits per heavy atom. The lowest BCUT2D eigenvalue weighted by atomic mass is 10.2. The second kappa shape index (κ2) is 6.44. The first kappa shape index (κ1) is 12.9. The minimum absolute atomic E-state index is 0.0381. The summed E-state index contributed by atoms with van der Waals surface area (Å²) in [4.78, 5) is 18.0. The molecule has 0 saturated heterocycles. The van der Waals surface area contributed by atoms with Crippen LogP contribution in [0.2, 0.25) is 0 Å². The van der Waals surface area contributed by atoms with E-state index in [2.05, 4.69) is 14.2 Å². The molecule has 8 heteroatoms. The van der Waals surface area contributed by atoms with Gasteiger partial charge in [0.15, 0.2) is 0 Å². The Bertz CT molecular complexity index is 400. The molecule has 1 aromatic rings. The van der Waals surface area contributed by atoms with E-state index in [1.54, 1.807) is 12.1 Å². The van der Waals surface area contributed by atoms with Gasteiger partial charge in [0.2, 0.25) is 0 Å². The lowest BCUT2D eigenvalue weighted by molar-refractivity contribution is 0.0750. The van der Waals surface area contributed by atoms with Crippen LogP contribution >= 0.6 is 18.8 Å². The highest BCUT2D eigenvalue weighted by molar-refractivity contribution is 8.49. The molecule has 2 N–H and O–H groups in total. The zero-order chi connectivity index (χ0) is 12.0. The smallest absolute Gasteiger partial charge is 0.507 e. The molecule has 0 aliphatic rings. The SMILES string of the molecule is CONS[P+](=O)OC(=O)c1ccccc1O. The highest BCUT2D eigenvalue weighted by Gasteiger charge is 2.28. The van der Waals surface area contributed by atoms with Crippen molar-refractivity contribution in [2.45, 2.75) is 0 Å². The number of nitrogens with one attached hydrogen (secondary N) is 1. The Morgan fingerprint density at radius 2 is 2.19 bits per heavy atom. The standard InChI is InChI=1S/C8H8NO5PS/c1-13-9-16-15(12)14-8(11)6-4-2-3-5-7(6)10/h2-5,9H,1H3/p+1. The summed E-state index contributed by atoms with van der Waals surface area (Å²) in [5.41, 5.74) is -0.0381. The summed E-state index contributed by atoms with van der Waals surface area (Å²) >= 11 is 0.618. The molecule has 0 fully saturated rings. The van der Waals surface area contributed by atoms with Gasteiger partial charge in [-0.05, 0) is 16.7 Å². The highest BCUT2D eigenvalue weighted by Crippen LogP contribution is 2.37. The van der Waals surface area contributed by atoms with Crippen molar-refractivity contribution in [2.75, 3.05) is 7.11 Å². The van der Waals surface area contributed by atoms with Gasteiger partial charge in [0.05, 0.1) is 7.11 Å². The average molecular weight is 262 g/mol. The molecule has 1 aromatic carbocycles. The van der Waals surface area contributed by atoms with Crippen molar-refractivity contribution in [3.05, 3.63) is 29.8 Å².